The zero-order valence-electron chi connectivity index (χ0n) is 5.94. The van der Waals surface area contributed by atoms with Crippen LogP contribution in [0.4, 0.5) is 0 Å². The van der Waals surface area contributed by atoms with Gasteiger partial charge in [-0.1, -0.05) is 23.9 Å². The third kappa shape index (κ3) is 1.04. The molecule has 0 amide bonds. The van der Waals surface area contributed by atoms with Crippen LogP contribution >= 0.6 is 11.8 Å². The summed E-state index contributed by atoms with van der Waals surface area (Å²) in [5, 5.41) is 0. The maximum atomic E-state index is 11.3. The van der Waals surface area contributed by atoms with Gasteiger partial charge in [-0.3, -0.25) is 4.79 Å². The van der Waals surface area contributed by atoms with Crippen LogP contribution in [0.1, 0.15) is 10.4 Å². The summed E-state index contributed by atoms with van der Waals surface area (Å²) in [6.07, 6.45) is 0. The van der Waals surface area contributed by atoms with Crippen molar-refractivity contribution in [2.24, 2.45) is 0 Å². The second kappa shape index (κ2) is 2.88. The Bertz CT molecular complexity index is 405. The summed E-state index contributed by atoms with van der Waals surface area (Å²) in [4.78, 5) is 12.2. The molecule has 4 heteroatoms. The van der Waals surface area contributed by atoms with E-state index < -0.39 is 0 Å². The largest absolute Gasteiger partial charge is 0.287 e. The van der Waals surface area contributed by atoms with Crippen molar-refractivity contribution in [3.8, 4) is 0 Å². The Morgan fingerprint density at radius 3 is 2.67 bits per heavy atom. The van der Waals surface area contributed by atoms with Crippen molar-refractivity contribution in [2.75, 3.05) is 0 Å². The van der Waals surface area contributed by atoms with Crippen molar-refractivity contribution in [1.82, 2.24) is 0 Å². The van der Waals surface area contributed by atoms with Crippen LogP contribution in [0.5, 0.6) is 0 Å². The first-order chi connectivity index (χ1) is 5.83. The molecule has 0 atom stereocenters. The van der Waals surface area contributed by atoms with Gasteiger partial charge in [-0.25, -0.2) is 4.21 Å². The molecule has 0 spiro atoms. The molecule has 0 radical (unpaired) electrons. The molecule has 2 nitrogen and oxygen atoms in total. The first-order valence-electron chi connectivity index (χ1n) is 3.31. The highest BCUT2D eigenvalue weighted by molar-refractivity contribution is 8.23. The van der Waals surface area contributed by atoms with Gasteiger partial charge in [-0.2, -0.15) is 0 Å². The average Bonchev–Trinajstić information content (AvgIpc) is 2.44. The third-order valence-corrected chi connectivity index (χ3v) is 3.33. The van der Waals surface area contributed by atoms with Crippen molar-refractivity contribution in [3.05, 3.63) is 29.8 Å². The Kier molecular flexibility index (Phi) is 1.86. The molecule has 12 heavy (non-hydrogen) atoms. The summed E-state index contributed by atoms with van der Waals surface area (Å²) < 4.78 is 10.8. The number of ketones is 1. The van der Waals surface area contributed by atoms with Gasteiger partial charge in [0.15, 0.2) is 4.20 Å². The van der Waals surface area contributed by atoms with Gasteiger partial charge in [0.05, 0.1) is 0 Å². The van der Waals surface area contributed by atoms with E-state index in [-0.39, 0.29) is 17.0 Å². The van der Waals surface area contributed by atoms with Crippen LogP contribution in [0.3, 0.4) is 0 Å². The molecule has 1 aliphatic heterocycles. The molecule has 0 N–H and O–H groups in total. The molecule has 0 saturated heterocycles. The minimum atomic E-state index is -0.129. The lowest BCUT2D eigenvalue weighted by Gasteiger charge is -1.89. The summed E-state index contributed by atoms with van der Waals surface area (Å²) in [5.74, 6) is -0.129. The standard InChI is InChI=1S/C8H4O2S2/c9-7-5-3-1-2-4-6(5)11-8(7)12-10/h1-4H. The fourth-order valence-electron chi connectivity index (χ4n) is 1.05. The first kappa shape index (κ1) is 7.76. The van der Waals surface area contributed by atoms with Crippen LogP contribution in [0.25, 0.3) is 0 Å². The summed E-state index contributed by atoms with van der Waals surface area (Å²) in [6, 6.07) is 7.25. The van der Waals surface area contributed by atoms with Crippen molar-refractivity contribution in [2.45, 2.75) is 4.90 Å². The number of carbonyl (C=O) groups excluding carboxylic acids is 1. The van der Waals surface area contributed by atoms with Gasteiger partial charge in [0.2, 0.25) is 5.78 Å². The number of thioether (sulfide) groups is 1. The fourth-order valence-corrected chi connectivity index (χ4v) is 2.47. The summed E-state index contributed by atoms with van der Waals surface area (Å²) in [5.41, 5.74) is 0.654. The number of rotatable bonds is 0. The number of Topliss-reactive ketones (excluding diaryl/α,β-unsaturated/α-hetero) is 1. The van der Waals surface area contributed by atoms with Gasteiger partial charge in [0.25, 0.3) is 0 Å². The maximum absolute atomic E-state index is 11.3. The Labute approximate surface area is 77.1 Å². The van der Waals surface area contributed by atoms with Gasteiger partial charge in [0.1, 0.15) is 11.3 Å². The number of carbonyl (C=O) groups is 1. The fraction of sp³-hybridized carbons (Fsp3) is 0. The van der Waals surface area contributed by atoms with E-state index >= 15 is 0 Å². The van der Waals surface area contributed by atoms with Gasteiger partial charge < -0.3 is 0 Å². The van der Waals surface area contributed by atoms with E-state index in [1.165, 1.54) is 11.8 Å². The van der Waals surface area contributed by atoms with Gasteiger partial charge in [0, 0.05) is 10.5 Å². The van der Waals surface area contributed by atoms with Crippen LogP contribution < -0.4 is 0 Å². The van der Waals surface area contributed by atoms with E-state index in [2.05, 4.69) is 0 Å². The van der Waals surface area contributed by atoms with Crippen LogP contribution in [0.15, 0.2) is 29.2 Å². The molecule has 2 rings (SSSR count). The Hall–Kier alpha value is -0.870. The number of hydrogen-bond acceptors (Lipinski definition) is 3. The lowest BCUT2D eigenvalue weighted by Crippen LogP contribution is -2.02. The lowest BCUT2D eigenvalue weighted by molar-refractivity contribution is 0.107. The van der Waals surface area contributed by atoms with E-state index in [1.54, 1.807) is 12.1 Å². The molecule has 1 aromatic rings. The highest BCUT2D eigenvalue weighted by Gasteiger charge is 2.26. The van der Waals surface area contributed by atoms with E-state index in [1.807, 2.05) is 12.1 Å². The molecular formula is C8H4O2S2. The number of benzene rings is 1. The van der Waals surface area contributed by atoms with Crippen molar-refractivity contribution in [3.63, 3.8) is 0 Å². The van der Waals surface area contributed by atoms with Crippen molar-refractivity contribution >= 4 is 33.0 Å². The Morgan fingerprint density at radius 2 is 2.00 bits per heavy atom. The van der Waals surface area contributed by atoms with Crippen LogP contribution in [0, 0.1) is 0 Å². The molecule has 1 heterocycles. The molecule has 1 aromatic carbocycles. The summed E-state index contributed by atoms with van der Waals surface area (Å²) >= 11 is 1.54. The summed E-state index contributed by atoms with van der Waals surface area (Å²) in [6.45, 7) is 0. The summed E-state index contributed by atoms with van der Waals surface area (Å²) in [7, 11) is 0. The molecular weight excluding hydrogens is 192 g/mol. The molecule has 0 saturated carbocycles. The quantitative estimate of drug-likeness (QED) is 0.587. The minimum Gasteiger partial charge on any atom is -0.287 e. The molecule has 0 aromatic heterocycles. The number of hydrogen-bond donors (Lipinski definition) is 0. The second-order valence-electron chi connectivity index (χ2n) is 2.30. The highest BCUT2D eigenvalue weighted by atomic mass is 32.2. The van der Waals surface area contributed by atoms with E-state index in [9.17, 15) is 9.00 Å². The minimum absolute atomic E-state index is 0.129. The molecule has 0 bridgehead atoms. The van der Waals surface area contributed by atoms with E-state index in [0.717, 1.165) is 4.90 Å². The number of fused-ring (bicyclic) bond motifs is 1. The molecule has 0 aliphatic carbocycles. The van der Waals surface area contributed by atoms with E-state index in [4.69, 9.17) is 0 Å². The SMILES string of the molecule is O=S=C1Sc2ccccc2C1=O. The van der Waals surface area contributed by atoms with Crippen molar-refractivity contribution in [1.29, 1.82) is 0 Å². The third-order valence-electron chi connectivity index (χ3n) is 1.60. The van der Waals surface area contributed by atoms with Gasteiger partial charge >= 0.3 is 0 Å². The van der Waals surface area contributed by atoms with Gasteiger partial charge in [-0.05, 0) is 12.1 Å². The second-order valence-corrected chi connectivity index (χ2v) is 4.18. The van der Waals surface area contributed by atoms with Crippen LogP contribution in [-0.2, 0) is 11.3 Å². The van der Waals surface area contributed by atoms with Gasteiger partial charge in [-0.15, -0.1) is 0 Å². The molecule has 0 fully saturated rings. The van der Waals surface area contributed by atoms with Crippen LogP contribution in [0.2, 0.25) is 0 Å². The average molecular weight is 196 g/mol. The highest BCUT2D eigenvalue weighted by Crippen LogP contribution is 2.31. The Morgan fingerprint density at radius 1 is 1.25 bits per heavy atom. The normalized spacial score (nSPS) is 14.7. The Balaban J connectivity index is 2.64. The molecule has 1 aliphatic rings. The maximum Gasteiger partial charge on any atom is 0.214 e. The van der Waals surface area contributed by atoms with E-state index in [0.29, 0.717) is 9.76 Å². The molecule has 60 valence electrons. The zero-order chi connectivity index (χ0) is 8.55. The van der Waals surface area contributed by atoms with Crippen molar-refractivity contribution < 1.29 is 9.00 Å². The molecule has 0 unspecified atom stereocenters. The van der Waals surface area contributed by atoms with Crippen LogP contribution in [-0.4, -0.2) is 14.2 Å². The predicted molar refractivity (Wildman–Crippen MR) is 49.8 cm³/mol. The topological polar surface area (TPSA) is 34.1 Å². The lowest BCUT2D eigenvalue weighted by atomic mass is 10.2. The predicted octanol–water partition coefficient (Wildman–Crippen LogP) is 1.32. The zero-order valence-corrected chi connectivity index (χ0v) is 7.58. The smallest absolute Gasteiger partial charge is 0.214 e. The first-order valence-corrected chi connectivity index (χ1v) is 4.87. The monoisotopic (exact) mass is 196 g/mol.